The van der Waals surface area contributed by atoms with Crippen LogP contribution in [0.4, 0.5) is 0 Å². The maximum atomic E-state index is 13.0. The Labute approximate surface area is 222 Å². The molecule has 0 aliphatic carbocycles. The average Bonchev–Trinajstić information content (AvgIpc) is 3.43. The zero-order valence-corrected chi connectivity index (χ0v) is 22.4. The largest absolute Gasteiger partial charge is 0.493 e. The molecule has 2 heterocycles. The predicted molar refractivity (Wildman–Crippen MR) is 139 cm³/mol. The second-order valence-electron chi connectivity index (χ2n) is 8.91. The van der Waals surface area contributed by atoms with Crippen molar-refractivity contribution in [3.05, 3.63) is 41.8 Å². The minimum absolute atomic E-state index is 0.00000212. The first kappa shape index (κ1) is 27.1. The van der Waals surface area contributed by atoms with E-state index in [1.807, 2.05) is 24.3 Å². The summed E-state index contributed by atoms with van der Waals surface area (Å²) in [5, 5.41) is 7.17. The number of benzene rings is 2. The Bertz CT molecular complexity index is 1220. The molecule has 1 aromatic heterocycles. The molecule has 2 aromatic carbocycles. The van der Waals surface area contributed by atoms with Gasteiger partial charge in [0, 0.05) is 18.7 Å². The zero-order chi connectivity index (χ0) is 27.1. The van der Waals surface area contributed by atoms with E-state index < -0.39 is 0 Å². The number of methoxy groups -OCH3 is 5. The van der Waals surface area contributed by atoms with Gasteiger partial charge in [-0.2, -0.15) is 4.98 Å². The minimum Gasteiger partial charge on any atom is -0.493 e. The third-order valence-corrected chi connectivity index (χ3v) is 6.54. The summed E-state index contributed by atoms with van der Waals surface area (Å²) in [5.41, 5.74) is 1.62. The molecule has 11 nitrogen and oxygen atoms in total. The lowest BCUT2D eigenvalue weighted by Gasteiger charge is -2.30. The maximum absolute atomic E-state index is 13.0. The Balaban J connectivity index is 1.35. The molecule has 1 aliphatic rings. The first-order valence-corrected chi connectivity index (χ1v) is 12.3. The highest BCUT2D eigenvalue weighted by Gasteiger charge is 2.27. The summed E-state index contributed by atoms with van der Waals surface area (Å²) in [6.07, 6.45) is 1.72. The maximum Gasteiger partial charge on any atom is 0.241 e. The normalized spacial score (nSPS) is 15.6. The number of carbonyl (C=O) groups excluding carboxylic acids is 1. The molecule has 3 aromatic rings. The summed E-state index contributed by atoms with van der Waals surface area (Å²) >= 11 is 0. The second kappa shape index (κ2) is 12.5. The van der Waals surface area contributed by atoms with Crippen molar-refractivity contribution in [2.24, 2.45) is 5.92 Å². The molecule has 1 atom stereocenters. The van der Waals surface area contributed by atoms with Gasteiger partial charge in [0.25, 0.3) is 0 Å². The number of hydrogen-bond donors (Lipinski definition) is 1. The number of nitrogens with one attached hydrogen (secondary N) is 1. The van der Waals surface area contributed by atoms with Gasteiger partial charge in [-0.15, -0.1) is 0 Å². The number of hydrogen-bond acceptors (Lipinski definition) is 10. The number of rotatable bonds is 11. The summed E-state index contributed by atoms with van der Waals surface area (Å²) in [6.45, 7) is 2.28. The highest BCUT2D eigenvalue weighted by atomic mass is 16.5. The summed E-state index contributed by atoms with van der Waals surface area (Å²) in [7, 11) is 7.86. The molecule has 11 heteroatoms. The smallest absolute Gasteiger partial charge is 0.241 e. The quantitative estimate of drug-likeness (QED) is 0.399. The molecular formula is C27H34N4O7. The fourth-order valence-electron chi connectivity index (χ4n) is 4.59. The number of nitrogens with zero attached hydrogens (tertiary/aromatic N) is 3. The standard InChI is InChI=1S/C27H34N4O7/c1-33-20-9-8-18(13-21(20)34-2)26-29-24(38-30-26)16-31-10-6-7-19(15-31)27(32)28-14-17-11-22(35-3)25(37-5)23(12-17)36-4/h8-9,11-13,19H,6-7,10,14-16H2,1-5H3,(H,28,32). The van der Waals surface area contributed by atoms with Crippen LogP contribution in [0.3, 0.4) is 0 Å². The van der Waals surface area contributed by atoms with Crippen LogP contribution in [0.1, 0.15) is 24.3 Å². The van der Waals surface area contributed by atoms with Crippen LogP contribution in [0, 0.1) is 5.92 Å². The molecule has 0 saturated carbocycles. The first-order chi connectivity index (χ1) is 18.5. The number of amides is 1. The molecule has 1 aliphatic heterocycles. The Hall–Kier alpha value is -3.99. The van der Waals surface area contributed by atoms with Gasteiger partial charge in [-0.1, -0.05) is 5.16 Å². The lowest BCUT2D eigenvalue weighted by molar-refractivity contribution is -0.127. The number of aromatic nitrogens is 2. The van der Waals surface area contributed by atoms with E-state index in [9.17, 15) is 4.79 Å². The SMILES string of the molecule is COc1ccc(-c2noc(CN3CCCC(C(=O)NCc4cc(OC)c(OC)c(OC)c4)C3)n2)cc1OC. The molecule has 38 heavy (non-hydrogen) atoms. The lowest BCUT2D eigenvalue weighted by Crippen LogP contribution is -2.42. The fourth-order valence-corrected chi connectivity index (χ4v) is 4.59. The van der Waals surface area contributed by atoms with Crippen LogP contribution < -0.4 is 29.0 Å². The van der Waals surface area contributed by atoms with Gasteiger partial charge < -0.3 is 33.5 Å². The number of piperidine rings is 1. The second-order valence-corrected chi connectivity index (χ2v) is 8.91. The summed E-state index contributed by atoms with van der Waals surface area (Å²) in [5.74, 6) is 3.66. The van der Waals surface area contributed by atoms with Crippen molar-refractivity contribution in [2.45, 2.75) is 25.9 Å². The summed E-state index contributed by atoms with van der Waals surface area (Å²) < 4.78 is 32.4. The number of likely N-dealkylation sites (tertiary alicyclic amines) is 1. The topological polar surface area (TPSA) is 117 Å². The molecule has 1 saturated heterocycles. The van der Waals surface area contributed by atoms with Gasteiger partial charge in [-0.3, -0.25) is 9.69 Å². The van der Waals surface area contributed by atoms with Crippen molar-refractivity contribution >= 4 is 5.91 Å². The van der Waals surface area contributed by atoms with Crippen LogP contribution in [0.5, 0.6) is 28.7 Å². The summed E-state index contributed by atoms with van der Waals surface area (Å²) in [4.78, 5) is 19.7. The van der Waals surface area contributed by atoms with E-state index in [4.69, 9.17) is 28.2 Å². The van der Waals surface area contributed by atoms with E-state index in [-0.39, 0.29) is 11.8 Å². The Morgan fingerprint density at radius 3 is 2.34 bits per heavy atom. The molecule has 0 spiro atoms. The Morgan fingerprint density at radius 2 is 1.68 bits per heavy atom. The molecule has 1 unspecified atom stereocenters. The van der Waals surface area contributed by atoms with Gasteiger partial charge in [-0.25, -0.2) is 0 Å². The summed E-state index contributed by atoms with van der Waals surface area (Å²) in [6, 6.07) is 9.13. The van der Waals surface area contributed by atoms with Crippen LogP contribution in [0.15, 0.2) is 34.9 Å². The molecule has 0 bridgehead atoms. The van der Waals surface area contributed by atoms with Gasteiger partial charge in [-0.05, 0) is 55.3 Å². The van der Waals surface area contributed by atoms with Gasteiger partial charge >= 0.3 is 0 Å². The minimum atomic E-state index is -0.140. The zero-order valence-electron chi connectivity index (χ0n) is 22.4. The monoisotopic (exact) mass is 526 g/mol. The third-order valence-electron chi connectivity index (χ3n) is 6.54. The van der Waals surface area contributed by atoms with E-state index in [2.05, 4.69) is 20.4 Å². The molecule has 0 radical (unpaired) electrons. The van der Waals surface area contributed by atoms with Crippen molar-refractivity contribution in [3.8, 4) is 40.1 Å². The third kappa shape index (κ3) is 6.10. The Kier molecular flexibility index (Phi) is 8.90. The van der Waals surface area contributed by atoms with Crippen LogP contribution in [0.25, 0.3) is 11.4 Å². The highest BCUT2D eigenvalue weighted by Crippen LogP contribution is 2.38. The van der Waals surface area contributed by atoms with Crippen molar-refractivity contribution in [1.82, 2.24) is 20.4 Å². The fraction of sp³-hybridized carbons (Fsp3) is 0.444. The van der Waals surface area contributed by atoms with Crippen molar-refractivity contribution in [2.75, 3.05) is 48.6 Å². The first-order valence-electron chi connectivity index (χ1n) is 12.3. The van der Waals surface area contributed by atoms with Crippen molar-refractivity contribution in [1.29, 1.82) is 0 Å². The van der Waals surface area contributed by atoms with Crippen molar-refractivity contribution in [3.63, 3.8) is 0 Å². The van der Waals surface area contributed by atoms with Crippen molar-refractivity contribution < 1.29 is 33.0 Å². The van der Waals surface area contributed by atoms with E-state index in [0.717, 1.165) is 30.5 Å². The van der Waals surface area contributed by atoms with Gasteiger partial charge in [0.1, 0.15) is 0 Å². The van der Waals surface area contributed by atoms with Crippen LogP contribution >= 0.6 is 0 Å². The Morgan fingerprint density at radius 1 is 0.974 bits per heavy atom. The van der Waals surface area contributed by atoms with Gasteiger partial charge in [0.15, 0.2) is 23.0 Å². The molecule has 1 amide bonds. The predicted octanol–water partition coefficient (Wildman–Crippen LogP) is 3.31. The molecule has 1 N–H and O–H groups in total. The molecular weight excluding hydrogens is 492 g/mol. The van der Waals surface area contributed by atoms with Gasteiger partial charge in [0.05, 0.1) is 48.0 Å². The number of carbonyl (C=O) groups is 1. The van der Waals surface area contributed by atoms with Crippen LogP contribution in [0.2, 0.25) is 0 Å². The van der Waals surface area contributed by atoms with E-state index >= 15 is 0 Å². The number of ether oxygens (including phenoxy) is 5. The van der Waals surface area contributed by atoms with Crippen LogP contribution in [-0.4, -0.2) is 69.6 Å². The van der Waals surface area contributed by atoms with E-state index in [0.29, 0.717) is 60.1 Å². The molecule has 204 valence electrons. The molecule has 4 rings (SSSR count). The molecule has 1 fully saturated rings. The van der Waals surface area contributed by atoms with Gasteiger partial charge in [0.2, 0.25) is 23.4 Å². The average molecular weight is 527 g/mol. The lowest BCUT2D eigenvalue weighted by atomic mass is 9.97. The highest BCUT2D eigenvalue weighted by molar-refractivity contribution is 5.79. The van der Waals surface area contributed by atoms with Crippen LogP contribution in [-0.2, 0) is 17.9 Å². The van der Waals surface area contributed by atoms with E-state index in [1.165, 1.54) is 0 Å². The van der Waals surface area contributed by atoms with E-state index in [1.54, 1.807) is 41.6 Å².